The molecular weight excluding hydrogens is 426 g/mol. The van der Waals surface area contributed by atoms with Gasteiger partial charge in [0.25, 0.3) is 0 Å². The number of sulfonamides is 1. The second kappa shape index (κ2) is 8.04. The van der Waals surface area contributed by atoms with Crippen LogP contribution in [0.5, 0.6) is 0 Å². The molecule has 2 aromatic heterocycles. The molecule has 1 saturated heterocycles. The Morgan fingerprint density at radius 2 is 1.88 bits per heavy atom. The van der Waals surface area contributed by atoms with Gasteiger partial charge in [-0.15, -0.1) is 0 Å². The molecule has 4 rings (SSSR count). The molecule has 32 heavy (non-hydrogen) atoms. The SMILES string of the molecule is Cn1c(=O)n(CC(C)(C)C)c2ccc(C3CCCN(S(=O)(=O)c4ccccc4N)C3)nc21. The third-order valence-electron chi connectivity index (χ3n) is 5.97. The summed E-state index contributed by atoms with van der Waals surface area (Å²) in [5, 5.41) is 0. The Morgan fingerprint density at radius 3 is 2.56 bits per heavy atom. The molecule has 172 valence electrons. The lowest BCUT2D eigenvalue weighted by molar-refractivity contribution is 0.313. The molecule has 1 aliphatic heterocycles. The van der Waals surface area contributed by atoms with Crippen LogP contribution in [0.3, 0.4) is 0 Å². The molecular formula is C23H31N5O3S. The highest BCUT2D eigenvalue weighted by Crippen LogP contribution is 2.32. The Bertz CT molecular complexity index is 1320. The van der Waals surface area contributed by atoms with Crippen LogP contribution >= 0.6 is 0 Å². The van der Waals surface area contributed by atoms with Gasteiger partial charge in [0.1, 0.15) is 4.90 Å². The second-order valence-corrected chi connectivity index (χ2v) is 11.7. The van der Waals surface area contributed by atoms with Crippen LogP contribution < -0.4 is 11.4 Å². The number of anilines is 1. The summed E-state index contributed by atoms with van der Waals surface area (Å²) >= 11 is 0. The molecule has 3 heterocycles. The van der Waals surface area contributed by atoms with E-state index in [1.54, 1.807) is 40.4 Å². The number of nitrogens with two attached hydrogens (primary N) is 1. The number of fused-ring (bicyclic) bond motifs is 1. The van der Waals surface area contributed by atoms with E-state index in [1.807, 2.05) is 12.1 Å². The van der Waals surface area contributed by atoms with Crippen molar-refractivity contribution in [2.75, 3.05) is 18.8 Å². The Labute approximate surface area is 188 Å². The third kappa shape index (κ3) is 4.06. The normalized spacial score (nSPS) is 18.3. The number of nitrogens with zero attached hydrogens (tertiary/aromatic N) is 4. The molecule has 3 aromatic rings. The summed E-state index contributed by atoms with van der Waals surface area (Å²) in [5.41, 5.74) is 8.30. The predicted molar refractivity (Wildman–Crippen MR) is 126 cm³/mol. The van der Waals surface area contributed by atoms with Crippen LogP contribution in [0.25, 0.3) is 11.2 Å². The van der Waals surface area contributed by atoms with Gasteiger partial charge in [-0.1, -0.05) is 32.9 Å². The van der Waals surface area contributed by atoms with Gasteiger partial charge in [-0.05, 0) is 42.5 Å². The lowest BCUT2D eigenvalue weighted by Crippen LogP contribution is -2.39. The van der Waals surface area contributed by atoms with Crippen LogP contribution in [0.15, 0.2) is 46.1 Å². The van der Waals surface area contributed by atoms with Crippen LogP contribution in [0, 0.1) is 5.41 Å². The number of hydrogen-bond donors (Lipinski definition) is 1. The minimum Gasteiger partial charge on any atom is -0.398 e. The van der Waals surface area contributed by atoms with Gasteiger partial charge in [0.15, 0.2) is 5.65 Å². The average molecular weight is 458 g/mol. The van der Waals surface area contributed by atoms with Crippen LogP contribution in [0.1, 0.15) is 45.2 Å². The second-order valence-electron chi connectivity index (χ2n) is 9.81. The summed E-state index contributed by atoms with van der Waals surface area (Å²) in [6.07, 6.45) is 1.58. The van der Waals surface area contributed by atoms with E-state index >= 15 is 0 Å². The fourth-order valence-electron chi connectivity index (χ4n) is 4.40. The van der Waals surface area contributed by atoms with Crippen molar-refractivity contribution in [3.05, 3.63) is 52.6 Å². The van der Waals surface area contributed by atoms with E-state index < -0.39 is 10.0 Å². The van der Waals surface area contributed by atoms with Gasteiger partial charge in [0.05, 0.1) is 11.2 Å². The first kappa shape index (κ1) is 22.5. The zero-order chi connectivity index (χ0) is 23.3. The number of aromatic nitrogens is 3. The fourth-order valence-corrected chi connectivity index (χ4v) is 6.04. The van der Waals surface area contributed by atoms with Crippen molar-refractivity contribution in [1.29, 1.82) is 0 Å². The summed E-state index contributed by atoms with van der Waals surface area (Å²) in [7, 11) is -1.95. The van der Waals surface area contributed by atoms with Gasteiger partial charge in [0, 0.05) is 38.3 Å². The van der Waals surface area contributed by atoms with E-state index in [4.69, 9.17) is 10.7 Å². The van der Waals surface area contributed by atoms with Crippen molar-refractivity contribution >= 4 is 26.9 Å². The first-order valence-electron chi connectivity index (χ1n) is 10.9. The van der Waals surface area contributed by atoms with Gasteiger partial charge in [-0.25, -0.2) is 18.2 Å². The highest BCUT2D eigenvalue weighted by molar-refractivity contribution is 7.89. The van der Waals surface area contributed by atoms with Crippen molar-refractivity contribution in [3.63, 3.8) is 0 Å². The molecule has 1 aliphatic rings. The highest BCUT2D eigenvalue weighted by Gasteiger charge is 2.33. The van der Waals surface area contributed by atoms with E-state index in [0.717, 1.165) is 24.1 Å². The third-order valence-corrected chi connectivity index (χ3v) is 7.91. The van der Waals surface area contributed by atoms with Crippen molar-refractivity contribution < 1.29 is 8.42 Å². The van der Waals surface area contributed by atoms with E-state index in [1.165, 1.54) is 4.31 Å². The number of pyridine rings is 1. The van der Waals surface area contributed by atoms with Gasteiger partial charge in [0.2, 0.25) is 10.0 Å². The molecule has 2 N–H and O–H groups in total. The van der Waals surface area contributed by atoms with Crippen LogP contribution in [-0.4, -0.2) is 39.9 Å². The maximum absolute atomic E-state index is 13.2. The van der Waals surface area contributed by atoms with Crippen molar-refractivity contribution in [3.8, 4) is 0 Å². The van der Waals surface area contributed by atoms with E-state index in [0.29, 0.717) is 25.3 Å². The lowest BCUT2D eigenvalue weighted by atomic mass is 9.95. The standard InChI is InChI=1S/C23H31N5O3S/c1-23(2,3)15-28-19-12-11-18(25-21(19)26(4)22(28)29)16-8-7-13-27(14-16)32(30,31)20-10-6-5-9-17(20)24/h5-6,9-12,16H,7-8,13-15,24H2,1-4H3. The number of imidazole rings is 1. The van der Waals surface area contributed by atoms with Crippen LogP contribution in [0.2, 0.25) is 0 Å². The van der Waals surface area contributed by atoms with E-state index in [-0.39, 0.29) is 27.6 Å². The van der Waals surface area contributed by atoms with Crippen molar-refractivity contribution in [1.82, 2.24) is 18.4 Å². The monoisotopic (exact) mass is 457 g/mol. The Balaban J connectivity index is 1.67. The van der Waals surface area contributed by atoms with E-state index in [9.17, 15) is 13.2 Å². The molecule has 0 bridgehead atoms. The molecule has 0 amide bonds. The average Bonchev–Trinajstić information content (AvgIpc) is 2.97. The van der Waals surface area contributed by atoms with E-state index in [2.05, 4.69) is 20.8 Å². The largest absolute Gasteiger partial charge is 0.398 e. The zero-order valence-corrected chi connectivity index (χ0v) is 19.9. The molecule has 1 unspecified atom stereocenters. The molecule has 1 atom stereocenters. The maximum Gasteiger partial charge on any atom is 0.330 e. The molecule has 0 spiro atoms. The zero-order valence-electron chi connectivity index (χ0n) is 19.1. The topological polar surface area (TPSA) is 103 Å². The van der Waals surface area contributed by atoms with Crippen LogP contribution in [0.4, 0.5) is 5.69 Å². The van der Waals surface area contributed by atoms with Gasteiger partial charge in [-0.3, -0.25) is 9.13 Å². The Hall–Kier alpha value is -2.65. The highest BCUT2D eigenvalue weighted by atomic mass is 32.2. The number of hydrogen-bond acceptors (Lipinski definition) is 5. The molecule has 1 fully saturated rings. The number of aryl methyl sites for hydroxylation is 1. The van der Waals surface area contributed by atoms with Gasteiger partial charge >= 0.3 is 5.69 Å². The summed E-state index contributed by atoms with van der Waals surface area (Å²) in [6, 6.07) is 10.4. The first-order chi connectivity index (χ1) is 15.0. The number of piperidine rings is 1. The first-order valence-corrected chi connectivity index (χ1v) is 12.3. The minimum atomic E-state index is -3.69. The molecule has 0 radical (unpaired) electrons. The summed E-state index contributed by atoms with van der Waals surface area (Å²) in [6.45, 7) is 7.67. The summed E-state index contributed by atoms with van der Waals surface area (Å²) in [4.78, 5) is 17.8. The molecule has 8 nitrogen and oxygen atoms in total. The fraction of sp³-hybridized carbons (Fsp3) is 0.478. The molecule has 0 aliphatic carbocycles. The maximum atomic E-state index is 13.2. The smallest absolute Gasteiger partial charge is 0.330 e. The number of para-hydroxylation sites is 1. The van der Waals surface area contributed by atoms with Crippen LogP contribution in [-0.2, 0) is 23.6 Å². The molecule has 1 aromatic carbocycles. The van der Waals surface area contributed by atoms with Crippen molar-refractivity contribution in [2.24, 2.45) is 12.5 Å². The Kier molecular flexibility index (Phi) is 5.67. The summed E-state index contributed by atoms with van der Waals surface area (Å²) < 4.78 is 31.3. The quantitative estimate of drug-likeness (QED) is 0.607. The minimum absolute atomic E-state index is 0.0473. The Morgan fingerprint density at radius 1 is 1.16 bits per heavy atom. The lowest BCUT2D eigenvalue weighted by Gasteiger charge is -2.32. The predicted octanol–water partition coefficient (Wildman–Crippen LogP) is 2.93. The van der Waals surface area contributed by atoms with Crippen molar-refractivity contribution in [2.45, 2.75) is 51.0 Å². The van der Waals surface area contributed by atoms with Gasteiger partial charge in [-0.2, -0.15) is 4.31 Å². The number of nitrogen functional groups attached to an aromatic ring is 1. The molecule has 9 heteroatoms. The number of benzene rings is 1. The van der Waals surface area contributed by atoms with Gasteiger partial charge < -0.3 is 5.73 Å². The molecule has 0 saturated carbocycles. The summed E-state index contributed by atoms with van der Waals surface area (Å²) in [5.74, 6) is -0.0473. The number of rotatable bonds is 4.